The fourth-order valence-corrected chi connectivity index (χ4v) is 4.10. The number of nitrogens with one attached hydrogen (secondary N) is 2. The van der Waals surface area contributed by atoms with Crippen molar-refractivity contribution in [2.45, 2.75) is 38.9 Å². The van der Waals surface area contributed by atoms with Gasteiger partial charge in [0.15, 0.2) is 5.82 Å². The van der Waals surface area contributed by atoms with E-state index in [9.17, 15) is 14.0 Å². The Morgan fingerprint density at radius 3 is 2.81 bits per heavy atom. The molecule has 2 aromatic carbocycles. The maximum atomic E-state index is 13.6. The van der Waals surface area contributed by atoms with Crippen LogP contribution in [0.3, 0.4) is 0 Å². The number of halogens is 2. The van der Waals surface area contributed by atoms with Crippen LogP contribution in [0.4, 0.5) is 15.9 Å². The largest absolute Gasteiger partial charge is 0.398 e. The van der Waals surface area contributed by atoms with Gasteiger partial charge in [0.2, 0.25) is 5.91 Å². The molecule has 0 bridgehead atoms. The van der Waals surface area contributed by atoms with Crippen LogP contribution in [0.5, 0.6) is 0 Å². The van der Waals surface area contributed by atoms with E-state index in [0.717, 1.165) is 11.1 Å². The van der Waals surface area contributed by atoms with E-state index in [1.165, 1.54) is 16.7 Å². The first-order chi connectivity index (χ1) is 15.3. The number of amides is 1. The Hall–Kier alpha value is -3.39. The highest BCUT2D eigenvalue weighted by molar-refractivity contribution is 6.33. The van der Waals surface area contributed by atoms with E-state index in [1.54, 1.807) is 31.3 Å². The van der Waals surface area contributed by atoms with Gasteiger partial charge in [-0.2, -0.15) is 0 Å². The summed E-state index contributed by atoms with van der Waals surface area (Å²) in [6.45, 7) is 2.32. The molecule has 32 heavy (non-hydrogen) atoms. The second-order valence-electron chi connectivity index (χ2n) is 7.89. The number of aromatic nitrogens is 2. The van der Waals surface area contributed by atoms with Crippen LogP contribution in [0.1, 0.15) is 34.8 Å². The van der Waals surface area contributed by atoms with E-state index in [-0.39, 0.29) is 36.2 Å². The third-order valence-electron chi connectivity index (χ3n) is 5.46. The van der Waals surface area contributed by atoms with Crippen molar-refractivity contribution in [3.05, 3.63) is 86.2 Å². The zero-order valence-electron chi connectivity index (χ0n) is 17.5. The number of hydrogen-bond acceptors (Lipinski definition) is 5. The summed E-state index contributed by atoms with van der Waals surface area (Å²) in [6.07, 6.45) is 2.70. The van der Waals surface area contributed by atoms with Crippen LogP contribution in [-0.2, 0) is 24.3 Å². The summed E-state index contributed by atoms with van der Waals surface area (Å²) in [4.78, 5) is 30.1. The van der Waals surface area contributed by atoms with Gasteiger partial charge in [0.25, 0.3) is 5.56 Å². The highest BCUT2D eigenvalue weighted by Crippen LogP contribution is 2.25. The van der Waals surface area contributed by atoms with Crippen molar-refractivity contribution in [1.82, 2.24) is 14.9 Å². The first-order valence-corrected chi connectivity index (χ1v) is 10.6. The number of hydrogen-bond donors (Lipinski definition) is 3. The quantitative estimate of drug-likeness (QED) is 0.495. The van der Waals surface area contributed by atoms with Gasteiger partial charge >= 0.3 is 0 Å². The summed E-state index contributed by atoms with van der Waals surface area (Å²) in [7, 11) is 0. The monoisotopic (exact) mass is 455 g/mol. The molecule has 0 saturated carbocycles. The van der Waals surface area contributed by atoms with Crippen LogP contribution in [-0.4, -0.2) is 15.5 Å². The molecule has 1 aliphatic heterocycles. The van der Waals surface area contributed by atoms with Crippen LogP contribution in [0.15, 0.2) is 47.4 Å². The second-order valence-corrected chi connectivity index (χ2v) is 8.30. The summed E-state index contributed by atoms with van der Waals surface area (Å²) in [5.41, 5.74) is 8.82. The molecule has 1 atom stereocenters. The maximum absolute atomic E-state index is 13.6. The Bertz CT molecular complexity index is 1220. The van der Waals surface area contributed by atoms with Gasteiger partial charge in [-0.3, -0.25) is 14.2 Å². The number of carbonyl (C=O) groups is 1. The normalized spacial score (nSPS) is 14.8. The van der Waals surface area contributed by atoms with Crippen molar-refractivity contribution >= 4 is 29.0 Å². The SMILES string of the molecule is Cc1cc(F)cc(CNc2ncc3n(c2=O)[C@H](C(=O)NCc2ccc(N)c(Cl)c2)CC3)c1. The summed E-state index contributed by atoms with van der Waals surface area (Å²) in [5, 5.41) is 6.26. The Kier molecular flexibility index (Phi) is 6.14. The lowest BCUT2D eigenvalue weighted by molar-refractivity contribution is -0.124. The number of rotatable bonds is 6. The van der Waals surface area contributed by atoms with Crippen molar-refractivity contribution < 1.29 is 9.18 Å². The molecule has 1 amide bonds. The van der Waals surface area contributed by atoms with Gasteiger partial charge in [-0.25, -0.2) is 9.37 Å². The topological polar surface area (TPSA) is 102 Å². The lowest BCUT2D eigenvalue weighted by Gasteiger charge is -2.16. The van der Waals surface area contributed by atoms with Crippen LogP contribution < -0.4 is 21.9 Å². The fraction of sp³-hybridized carbons (Fsp3) is 0.261. The van der Waals surface area contributed by atoms with Gasteiger partial charge in [0.05, 0.1) is 10.7 Å². The number of carbonyl (C=O) groups excluding carboxylic acids is 1. The number of nitrogens with zero attached hydrogens (tertiary/aromatic N) is 2. The van der Waals surface area contributed by atoms with Crippen molar-refractivity contribution in [3.63, 3.8) is 0 Å². The average Bonchev–Trinajstić information content (AvgIpc) is 3.18. The van der Waals surface area contributed by atoms with Crippen molar-refractivity contribution in [3.8, 4) is 0 Å². The Morgan fingerprint density at radius 2 is 2.06 bits per heavy atom. The van der Waals surface area contributed by atoms with Gasteiger partial charge in [-0.1, -0.05) is 23.7 Å². The van der Waals surface area contributed by atoms with Crippen molar-refractivity contribution in [2.75, 3.05) is 11.1 Å². The zero-order chi connectivity index (χ0) is 22.8. The highest BCUT2D eigenvalue weighted by atomic mass is 35.5. The number of benzene rings is 2. The number of anilines is 2. The van der Waals surface area contributed by atoms with Crippen LogP contribution in [0.25, 0.3) is 0 Å². The molecule has 0 fully saturated rings. The van der Waals surface area contributed by atoms with Crippen LogP contribution in [0, 0.1) is 12.7 Å². The third kappa shape index (κ3) is 4.60. The van der Waals surface area contributed by atoms with E-state index in [2.05, 4.69) is 15.6 Å². The van der Waals surface area contributed by atoms with Crippen molar-refractivity contribution in [2.24, 2.45) is 0 Å². The van der Waals surface area contributed by atoms with E-state index in [0.29, 0.717) is 34.8 Å². The van der Waals surface area contributed by atoms with Gasteiger partial charge in [0.1, 0.15) is 11.9 Å². The minimum atomic E-state index is -0.623. The molecule has 4 rings (SSSR count). The molecule has 0 unspecified atom stereocenters. The molecule has 1 aromatic heterocycles. The lowest BCUT2D eigenvalue weighted by atomic mass is 10.1. The minimum absolute atomic E-state index is 0.126. The standard InChI is InChI=1S/C23H23ClFN5O2/c1-13-6-15(8-16(25)7-13)11-27-21-23(32)30-17(12-28-21)3-5-20(30)22(31)29-10-14-2-4-19(26)18(24)9-14/h2,4,6-9,12,20H,3,5,10-11,26H2,1H3,(H,27,28)(H,29,31)/t20-/m0/s1. The number of nitrogen functional groups attached to an aromatic ring is 1. The lowest BCUT2D eigenvalue weighted by Crippen LogP contribution is -2.36. The smallest absolute Gasteiger partial charge is 0.294 e. The molecule has 166 valence electrons. The number of aryl methyl sites for hydroxylation is 2. The molecule has 4 N–H and O–H groups in total. The molecule has 7 nitrogen and oxygen atoms in total. The Morgan fingerprint density at radius 1 is 1.25 bits per heavy atom. The van der Waals surface area contributed by atoms with Crippen LogP contribution in [0.2, 0.25) is 5.02 Å². The molecule has 0 aliphatic carbocycles. The molecule has 0 spiro atoms. The fourth-order valence-electron chi connectivity index (χ4n) is 3.90. The number of nitrogens with two attached hydrogens (primary N) is 1. The molecule has 2 heterocycles. The summed E-state index contributed by atoms with van der Waals surface area (Å²) >= 11 is 6.03. The highest BCUT2D eigenvalue weighted by Gasteiger charge is 2.30. The first-order valence-electron chi connectivity index (χ1n) is 10.2. The molecular weight excluding hydrogens is 433 g/mol. The molecule has 0 radical (unpaired) electrons. The predicted molar refractivity (Wildman–Crippen MR) is 122 cm³/mol. The Labute approximate surface area is 189 Å². The van der Waals surface area contributed by atoms with E-state index in [4.69, 9.17) is 17.3 Å². The minimum Gasteiger partial charge on any atom is -0.398 e. The van der Waals surface area contributed by atoms with Gasteiger partial charge in [0, 0.05) is 25.0 Å². The van der Waals surface area contributed by atoms with E-state index in [1.807, 2.05) is 6.07 Å². The summed E-state index contributed by atoms with van der Waals surface area (Å²) in [6, 6.07) is 9.23. The summed E-state index contributed by atoms with van der Waals surface area (Å²) in [5.74, 6) is -0.461. The summed E-state index contributed by atoms with van der Waals surface area (Å²) < 4.78 is 15.1. The molecule has 0 saturated heterocycles. The van der Waals surface area contributed by atoms with Gasteiger partial charge in [-0.15, -0.1) is 0 Å². The zero-order valence-corrected chi connectivity index (χ0v) is 18.2. The maximum Gasteiger partial charge on any atom is 0.294 e. The van der Waals surface area contributed by atoms with E-state index >= 15 is 0 Å². The van der Waals surface area contributed by atoms with E-state index < -0.39 is 6.04 Å². The molecule has 9 heteroatoms. The van der Waals surface area contributed by atoms with Crippen LogP contribution >= 0.6 is 11.6 Å². The number of fused-ring (bicyclic) bond motifs is 1. The average molecular weight is 456 g/mol. The predicted octanol–water partition coefficient (Wildman–Crippen LogP) is 3.34. The third-order valence-corrected chi connectivity index (χ3v) is 5.78. The molecule has 3 aromatic rings. The molecule has 1 aliphatic rings. The van der Waals surface area contributed by atoms with Gasteiger partial charge in [-0.05, 0) is 60.7 Å². The first kappa shape index (κ1) is 21.8. The van der Waals surface area contributed by atoms with Crippen molar-refractivity contribution in [1.29, 1.82) is 0 Å². The molecular formula is C23H23ClFN5O2. The van der Waals surface area contributed by atoms with Gasteiger partial charge < -0.3 is 16.4 Å². The Balaban J connectivity index is 1.48. The second kappa shape index (κ2) is 9.00.